The molecular weight excluding hydrogens is 436 g/mol. The van der Waals surface area contributed by atoms with Crippen molar-refractivity contribution in [3.05, 3.63) is 63.3 Å². The summed E-state index contributed by atoms with van der Waals surface area (Å²) in [4.78, 5) is 16.2. The molecule has 128 valence electrons. The van der Waals surface area contributed by atoms with E-state index in [4.69, 9.17) is 4.52 Å². The van der Waals surface area contributed by atoms with E-state index in [2.05, 4.69) is 38.0 Å². The normalized spacial score (nSPS) is 10.7. The third-order valence-corrected chi connectivity index (χ3v) is 4.31. The van der Waals surface area contributed by atoms with Gasteiger partial charge in [-0.3, -0.25) is 4.79 Å². The monoisotopic (exact) mass is 451 g/mol. The van der Waals surface area contributed by atoms with Gasteiger partial charge in [-0.05, 0) is 65.4 Å². The smallest absolute Gasteiger partial charge is 0.227 e. The number of nitrogens with one attached hydrogen (secondary N) is 1. The van der Waals surface area contributed by atoms with Crippen LogP contribution in [0.3, 0.4) is 0 Å². The molecule has 0 bridgehead atoms. The quantitative estimate of drug-likeness (QED) is 0.586. The van der Waals surface area contributed by atoms with Crippen molar-refractivity contribution >= 4 is 34.2 Å². The standard InChI is InChI=1S/C18H15FIN3O2/c1-11-2-3-12(10-15(11)19)18-22-17(25-23-18)9-8-16(24)21-14-6-4-13(20)5-7-14/h2-7,10H,8-9H2,1H3,(H,21,24). The highest BCUT2D eigenvalue weighted by Crippen LogP contribution is 2.19. The minimum absolute atomic E-state index is 0.137. The molecule has 1 heterocycles. The van der Waals surface area contributed by atoms with Crippen LogP contribution in [-0.2, 0) is 11.2 Å². The van der Waals surface area contributed by atoms with Crippen LogP contribution >= 0.6 is 22.6 Å². The molecule has 0 spiro atoms. The second-order valence-corrected chi connectivity index (χ2v) is 6.78. The summed E-state index contributed by atoms with van der Waals surface area (Å²) in [7, 11) is 0. The van der Waals surface area contributed by atoms with E-state index in [0.717, 1.165) is 9.26 Å². The molecule has 0 aliphatic heterocycles. The van der Waals surface area contributed by atoms with Gasteiger partial charge in [0.25, 0.3) is 0 Å². The average Bonchev–Trinajstić information content (AvgIpc) is 3.07. The molecule has 1 amide bonds. The van der Waals surface area contributed by atoms with Crippen LogP contribution in [0.2, 0.25) is 0 Å². The Bertz CT molecular complexity index is 894. The van der Waals surface area contributed by atoms with Crippen molar-refractivity contribution in [2.24, 2.45) is 0 Å². The molecule has 3 aromatic rings. The average molecular weight is 451 g/mol. The zero-order valence-corrected chi connectivity index (χ0v) is 15.6. The van der Waals surface area contributed by atoms with Crippen LogP contribution in [0.25, 0.3) is 11.4 Å². The highest BCUT2D eigenvalue weighted by Gasteiger charge is 2.12. The Balaban J connectivity index is 1.58. The summed E-state index contributed by atoms with van der Waals surface area (Å²) in [5.74, 6) is 0.198. The topological polar surface area (TPSA) is 68.0 Å². The number of hydrogen-bond acceptors (Lipinski definition) is 4. The maximum atomic E-state index is 13.6. The molecule has 0 aliphatic carbocycles. The first-order chi connectivity index (χ1) is 12.0. The van der Waals surface area contributed by atoms with Gasteiger partial charge < -0.3 is 9.84 Å². The molecule has 0 radical (unpaired) electrons. The number of amides is 1. The first kappa shape index (κ1) is 17.5. The number of nitrogens with zero attached hydrogens (tertiary/aromatic N) is 2. The van der Waals surface area contributed by atoms with Crippen LogP contribution in [-0.4, -0.2) is 16.0 Å². The predicted octanol–water partition coefficient (Wildman–Crippen LogP) is 4.36. The largest absolute Gasteiger partial charge is 0.339 e. The summed E-state index contributed by atoms with van der Waals surface area (Å²) >= 11 is 2.20. The third-order valence-electron chi connectivity index (χ3n) is 3.59. The number of aromatic nitrogens is 2. The van der Waals surface area contributed by atoms with Gasteiger partial charge in [0.15, 0.2) is 0 Å². The molecule has 5 nitrogen and oxygen atoms in total. The number of anilines is 1. The molecule has 0 fully saturated rings. The summed E-state index contributed by atoms with van der Waals surface area (Å²) < 4.78 is 19.9. The maximum Gasteiger partial charge on any atom is 0.227 e. The molecule has 25 heavy (non-hydrogen) atoms. The number of rotatable bonds is 5. The van der Waals surface area contributed by atoms with Crippen LogP contribution in [0.15, 0.2) is 47.0 Å². The Hall–Kier alpha value is -2.29. The molecule has 0 saturated carbocycles. The number of benzene rings is 2. The number of aryl methyl sites for hydroxylation is 2. The molecule has 1 aromatic heterocycles. The van der Waals surface area contributed by atoms with E-state index >= 15 is 0 Å². The number of halogens is 2. The molecular formula is C18H15FIN3O2. The van der Waals surface area contributed by atoms with Crippen LogP contribution in [0.4, 0.5) is 10.1 Å². The van der Waals surface area contributed by atoms with Gasteiger partial charge in [0, 0.05) is 27.7 Å². The van der Waals surface area contributed by atoms with Gasteiger partial charge in [0.2, 0.25) is 17.6 Å². The Kier molecular flexibility index (Phi) is 5.42. The lowest BCUT2D eigenvalue weighted by atomic mass is 10.1. The molecule has 2 aromatic carbocycles. The molecule has 0 atom stereocenters. The Morgan fingerprint density at radius 2 is 2.00 bits per heavy atom. The van der Waals surface area contributed by atoms with Gasteiger partial charge in [-0.25, -0.2) is 4.39 Å². The first-order valence-corrected chi connectivity index (χ1v) is 8.73. The maximum absolute atomic E-state index is 13.6. The Labute approximate surface area is 157 Å². The van der Waals surface area contributed by atoms with E-state index in [9.17, 15) is 9.18 Å². The van der Waals surface area contributed by atoms with Crippen molar-refractivity contribution in [1.82, 2.24) is 10.1 Å². The Morgan fingerprint density at radius 3 is 2.72 bits per heavy atom. The summed E-state index contributed by atoms with van der Waals surface area (Å²) in [6.45, 7) is 1.69. The third kappa shape index (κ3) is 4.62. The molecule has 7 heteroatoms. The zero-order chi connectivity index (χ0) is 17.8. The van der Waals surface area contributed by atoms with Crippen LogP contribution in [0, 0.1) is 16.3 Å². The van der Waals surface area contributed by atoms with Crippen LogP contribution < -0.4 is 5.32 Å². The summed E-state index contributed by atoms with van der Waals surface area (Å²) in [6.07, 6.45) is 0.535. The van der Waals surface area contributed by atoms with Gasteiger partial charge >= 0.3 is 0 Å². The van der Waals surface area contributed by atoms with E-state index in [1.54, 1.807) is 19.1 Å². The minimum atomic E-state index is -0.319. The second-order valence-electron chi connectivity index (χ2n) is 5.53. The van der Waals surface area contributed by atoms with Crippen LogP contribution in [0.1, 0.15) is 17.9 Å². The van der Waals surface area contributed by atoms with Gasteiger partial charge in [-0.2, -0.15) is 4.98 Å². The lowest BCUT2D eigenvalue weighted by Gasteiger charge is -2.03. The van der Waals surface area contributed by atoms with Gasteiger partial charge in [0.1, 0.15) is 5.82 Å². The minimum Gasteiger partial charge on any atom is -0.339 e. The van der Waals surface area contributed by atoms with Crippen molar-refractivity contribution in [3.63, 3.8) is 0 Å². The van der Waals surface area contributed by atoms with E-state index in [0.29, 0.717) is 29.3 Å². The summed E-state index contributed by atoms with van der Waals surface area (Å²) in [5, 5.41) is 6.65. The second kappa shape index (κ2) is 7.73. The number of hydrogen-bond donors (Lipinski definition) is 1. The Morgan fingerprint density at radius 1 is 1.24 bits per heavy atom. The van der Waals surface area contributed by atoms with Gasteiger partial charge in [-0.1, -0.05) is 17.3 Å². The van der Waals surface area contributed by atoms with Crippen molar-refractivity contribution in [3.8, 4) is 11.4 Å². The van der Waals surface area contributed by atoms with Crippen molar-refractivity contribution in [2.75, 3.05) is 5.32 Å². The van der Waals surface area contributed by atoms with E-state index in [1.807, 2.05) is 24.3 Å². The van der Waals surface area contributed by atoms with E-state index < -0.39 is 0 Å². The molecule has 3 rings (SSSR count). The van der Waals surface area contributed by atoms with E-state index in [-0.39, 0.29) is 18.1 Å². The predicted molar refractivity (Wildman–Crippen MR) is 101 cm³/mol. The first-order valence-electron chi connectivity index (χ1n) is 7.66. The number of carbonyl (C=O) groups is 1. The zero-order valence-electron chi connectivity index (χ0n) is 13.4. The fourth-order valence-corrected chi connectivity index (χ4v) is 2.54. The van der Waals surface area contributed by atoms with Gasteiger partial charge in [-0.15, -0.1) is 0 Å². The molecule has 1 N–H and O–H groups in total. The fourth-order valence-electron chi connectivity index (χ4n) is 2.18. The van der Waals surface area contributed by atoms with E-state index in [1.165, 1.54) is 6.07 Å². The highest BCUT2D eigenvalue weighted by molar-refractivity contribution is 14.1. The SMILES string of the molecule is Cc1ccc(-c2noc(CCC(=O)Nc3ccc(I)cc3)n2)cc1F. The highest BCUT2D eigenvalue weighted by atomic mass is 127. The molecule has 0 aliphatic rings. The fraction of sp³-hybridized carbons (Fsp3) is 0.167. The van der Waals surface area contributed by atoms with Crippen LogP contribution in [0.5, 0.6) is 0 Å². The van der Waals surface area contributed by atoms with Crippen molar-refractivity contribution in [1.29, 1.82) is 0 Å². The molecule has 0 unspecified atom stereocenters. The van der Waals surface area contributed by atoms with Gasteiger partial charge in [0.05, 0.1) is 0 Å². The van der Waals surface area contributed by atoms with Crippen molar-refractivity contribution in [2.45, 2.75) is 19.8 Å². The van der Waals surface area contributed by atoms with Crippen molar-refractivity contribution < 1.29 is 13.7 Å². The lowest BCUT2D eigenvalue weighted by molar-refractivity contribution is -0.116. The summed E-state index contributed by atoms with van der Waals surface area (Å²) in [6, 6.07) is 12.3. The summed E-state index contributed by atoms with van der Waals surface area (Å²) in [5.41, 5.74) is 1.84. The molecule has 0 saturated heterocycles. The number of carbonyl (C=O) groups excluding carboxylic acids is 1. The lowest BCUT2D eigenvalue weighted by Crippen LogP contribution is -2.12.